The number of nitrogens with zero attached hydrogens (tertiary/aromatic N) is 1. The molecule has 0 aliphatic carbocycles. The van der Waals surface area contributed by atoms with Gasteiger partial charge in [0.1, 0.15) is 0 Å². The lowest BCUT2D eigenvalue weighted by Gasteiger charge is -2.51. The minimum atomic E-state index is 0.365. The summed E-state index contributed by atoms with van der Waals surface area (Å²) >= 11 is 0. The number of piperazine rings is 1. The van der Waals surface area contributed by atoms with Gasteiger partial charge in [-0.15, -0.1) is 0 Å². The molecule has 3 heteroatoms. The highest BCUT2D eigenvalue weighted by molar-refractivity contribution is 4.98. The molecule has 0 aromatic carbocycles. The SMILES string of the molecule is CCC1(CC)CNC(C(C)C)CN1CCC1CCCO1. The zero-order valence-electron chi connectivity index (χ0n) is 14.0. The largest absolute Gasteiger partial charge is 0.378 e. The van der Waals surface area contributed by atoms with E-state index in [-0.39, 0.29) is 0 Å². The molecule has 0 aromatic rings. The summed E-state index contributed by atoms with van der Waals surface area (Å²) in [6.07, 6.45) is 6.75. The van der Waals surface area contributed by atoms with Crippen molar-refractivity contribution in [2.24, 2.45) is 5.92 Å². The molecule has 2 aliphatic heterocycles. The predicted octanol–water partition coefficient (Wildman–Crippen LogP) is 3.04. The van der Waals surface area contributed by atoms with Crippen LogP contribution in [-0.2, 0) is 4.74 Å². The van der Waals surface area contributed by atoms with Crippen molar-refractivity contribution in [2.45, 2.75) is 77.5 Å². The highest BCUT2D eigenvalue weighted by atomic mass is 16.5. The first kappa shape index (κ1) is 16.3. The van der Waals surface area contributed by atoms with E-state index in [9.17, 15) is 0 Å². The highest BCUT2D eigenvalue weighted by Crippen LogP contribution is 2.29. The first-order valence-electron chi connectivity index (χ1n) is 8.71. The number of ether oxygens (including phenoxy) is 1. The lowest BCUT2D eigenvalue weighted by atomic mass is 9.85. The summed E-state index contributed by atoms with van der Waals surface area (Å²) in [7, 11) is 0. The standard InChI is InChI=1S/C17H34N2O/c1-5-17(6-2)13-18-16(14(3)4)12-19(17)10-9-15-8-7-11-20-15/h14-16,18H,5-13H2,1-4H3. The second-order valence-electron chi connectivity index (χ2n) is 7.03. The van der Waals surface area contributed by atoms with Gasteiger partial charge in [-0.3, -0.25) is 4.90 Å². The molecule has 3 nitrogen and oxygen atoms in total. The topological polar surface area (TPSA) is 24.5 Å². The fraction of sp³-hybridized carbons (Fsp3) is 1.00. The van der Waals surface area contributed by atoms with Crippen molar-refractivity contribution in [3.05, 3.63) is 0 Å². The van der Waals surface area contributed by atoms with Crippen LogP contribution in [0.25, 0.3) is 0 Å². The average Bonchev–Trinajstić information content (AvgIpc) is 2.98. The first-order chi connectivity index (χ1) is 9.61. The maximum absolute atomic E-state index is 5.81. The predicted molar refractivity (Wildman–Crippen MR) is 85.1 cm³/mol. The second-order valence-corrected chi connectivity index (χ2v) is 7.03. The van der Waals surface area contributed by atoms with Crippen molar-refractivity contribution < 1.29 is 4.74 Å². The summed E-state index contributed by atoms with van der Waals surface area (Å²) in [5.74, 6) is 0.715. The van der Waals surface area contributed by atoms with E-state index in [0.717, 1.165) is 13.2 Å². The third kappa shape index (κ3) is 3.55. The van der Waals surface area contributed by atoms with Gasteiger partial charge in [-0.2, -0.15) is 0 Å². The van der Waals surface area contributed by atoms with Gasteiger partial charge in [0.25, 0.3) is 0 Å². The molecule has 0 spiro atoms. The monoisotopic (exact) mass is 282 g/mol. The third-order valence-corrected chi connectivity index (χ3v) is 5.65. The maximum Gasteiger partial charge on any atom is 0.0588 e. The molecule has 2 fully saturated rings. The molecule has 118 valence electrons. The van der Waals surface area contributed by atoms with Crippen LogP contribution in [0.2, 0.25) is 0 Å². The van der Waals surface area contributed by atoms with Crippen LogP contribution < -0.4 is 5.32 Å². The Morgan fingerprint density at radius 3 is 2.60 bits per heavy atom. The minimum absolute atomic E-state index is 0.365. The van der Waals surface area contributed by atoms with Gasteiger partial charge in [-0.1, -0.05) is 27.7 Å². The Labute approximate surface area is 125 Å². The van der Waals surface area contributed by atoms with Crippen LogP contribution >= 0.6 is 0 Å². The Balaban J connectivity index is 1.97. The maximum atomic E-state index is 5.81. The Morgan fingerprint density at radius 2 is 2.05 bits per heavy atom. The van der Waals surface area contributed by atoms with Gasteiger partial charge in [-0.25, -0.2) is 0 Å². The number of hydrogen-bond donors (Lipinski definition) is 1. The van der Waals surface area contributed by atoms with E-state index >= 15 is 0 Å². The summed E-state index contributed by atoms with van der Waals surface area (Å²) in [5.41, 5.74) is 0.365. The minimum Gasteiger partial charge on any atom is -0.378 e. The van der Waals surface area contributed by atoms with Gasteiger partial charge in [0.05, 0.1) is 6.10 Å². The Kier molecular flexibility index (Phi) is 5.88. The zero-order chi connectivity index (χ0) is 14.6. The first-order valence-corrected chi connectivity index (χ1v) is 8.71. The molecule has 2 aliphatic rings. The van der Waals surface area contributed by atoms with Crippen LogP contribution in [0, 0.1) is 5.92 Å². The third-order valence-electron chi connectivity index (χ3n) is 5.65. The molecule has 2 heterocycles. The van der Waals surface area contributed by atoms with Crippen LogP contribution in [0.1, 0.15) is 59.8 Å². The summed E-state index contributed by atoms with van der Waals surface area (Å²) < 4.78 is 5.81. The number of nitrogens with one attached hydrogen (secondary N) is 1. The fourth-order valence-electron chi connectivity index (χ4n) is 3.82. The van der Waals surface area contributed by atoms with Crippen molar-refractivity contribution >= 4 is 0 Å². The zero-order valence-corrected chi connectivity index (χ0v) is 14.0. The van der Waals surface area contributed by atoms with Gasteiger partial charge in [0.15, 0.2) is 0 Å². The number of hydrogen-bond acceptors (Lipinski definition) is 3. The van der Waals surface area contributed by atoms with Crippen molar-refractivity contribution in [1.82, 2.24) is 10.2 Å². The average molecular weight is 282 g/mol. The molecule has 2 atom stereocenters. The fourth-order valence-corrected chi connectivity index (χ4v) is 3.82. The van der Waals surface area contributed by atoms with Crippen molar-refractivity contribution in [2.75, 3.05) is 26.2 Å². The lowest BCUT2D eigenvalue weighted by molar-refractivity contribution is 0.00717. The van der Waals surface area contributed by atoms with Crippen LogP contribution in [0.5, 0.6) is 0 Å². The van der Waals surface area contributed by atoms with Crippen LogP contribution in [0.4, 0.5) is 0 Å². The van der Waals surface area contributed by atoms with Gasteiger partial charge in [0, 0.05) is 37.8 Å². The summed E-state index contributed by atoms with van der Waals surface area (Å²) in [6, 6.07) is 0.644. The normalized spacial score (nSPS) is 31.1. The molecule has 0 radical (unpaired) electrons. The quantitative estimate of drug-likeness (QED) is 0.810. The molecule has 2 saturated heterocycles. The summed E-state index contributed by atoms with van der Waals surface area (Å²) in [6.45, 7) is 13.9. The van der Waals surface area contributed by atoms with Gasteiger partial charge < -0.3 is 10.1 Å². The van der Waals surface area contributed by atoms with E-state index < -0.39 is 0 Å². The van der Waals surface area contributed by atoms with Crippen LogP contribution in [0.3, 0.4) is 0 Å². The molecule has 2 unspecified atom stereocenters. The second kappa shape index (κ2) is 7.24. The molecular formula is C17H34N2O. The molecule has 20 heavy (non-hydrogen) atoms. The Hall–Kier alpha value is -0.120. The van der Waals surface area contributed by atoms with Gasteiger partial charge in [0.2, 0.25) is 0 Å². The van der Waals surface area contributed by atoms with E-state index in [1.807, 2.05) is 0 Å². The van der Waals surface area contributed by atoms with E-state index in [4.69, 9.17) is 4.74 Å². The van der Waals surface area contributed by atoms with Crippen molar-refractivity contribution in [3.8, 4) is 0 Å². The summed E-state index contributed by atoms with van der Waals surface area (Å²) in [4.78, 5) is 2.77. The van der Waals surface area contributed by atoms with E-state index in [1.54, 1.807) is 0 Å². The van der Waals surface area contributed by atoms with E-state index in [2.05, 4.69) is 37.9 Å². The molecule has 0 amide bonds. The molecular weight excluding hydrogens is 248 g/mol. The Morgan fingerprint density at radius 1 is 1.30 bits per heavy atom. The molecule has 0 saturated carbocycles. The van der Waals surface area contributed by atoms with Crippen molar-refractivity contribution in [1.29, 1.82) is 0 Å². The van der Waals surface area contributed by atoms with Gasteiger partial charge in [-0.05, 0) is 38.0 Å². The molecule has 2 rings (SSSR count). The molecule has 1 N–H and O–H groups in total. The van der Waals surface area contributed by atoms with Crippen molar-refractivity contribution in [3.63, 3.8) is 0 Å². The van der Waals surface area contributed by atoms with Crippen LogP contribution in [-0.4, -0.2) is 48.8 Å². The molecule has 0 aromatic heterocycles. The van der Waals surface area contributed by atoms with Crippen LogP contribution in [0.15, 0.2) is 0 Å². The van der Waals surface area contributed by atoms with Gasteiger partial charge >= 0.3 is 0 Å². The molecule has 0 bridgehead atoms. The highest BCUT2D eigenvalue weighted by Gasteiger charge is 2.39. The number of rotatable bonds is 6. The lowest BCUT2D eigenvalue weighted by Crippen LogP contribution is -2.65. The van der Waals surface area contributed by atoms with E-state index in [0.29, 0.717) is 23.6 Å². The van der Waals surface area contributed by atoms with E-state index in [1.165, 1.54) is 45.2 Å². The smallest absolute Gasteiger partial charge is 0.0588 e. The summed E-state index contributed by atoms with van der Waals surface area (Å²) in [5, 5.41) is 3.80. The Bertz CT molecular complexity index is 283.